The Morgan fingerprint density at radius 3 is 2.42 bits per heavy atom. The van der Waals surface area contributed by atoms with Crippen LogP contribution in [0.1, 0.15) is 29.7 Å². The molecule has 2 aromatic heterocycles. The van der Waals surface area contributed by atoms with E-state index in [2.05, 4.69) is 29.2 Å². The molecule has 0 amide bonds. The number of fused-ring (bicyclic) bond motifs is 1. The predicted molar refractivity (Wildman–Crippen MR) is 149 cm³/mol. The Kier molecular flexibility index (Phi) is 7.53. The highest BCUT2D eigenvalue weighted by Gasteiger charge is 2.21. The number of aryl methyl sites for hydroxylation is 2. The van der Waals surface area contributed by atoms with Crippen LogP contribution in [0.4, 0.5) is 0 Å². The number of benzene rings is 3. The van der Waals surface area contributed by atoms with Crippen molar-refractivity contribution in [1.29, 1.82) is 0 Å². The third-order valence-electron chi connectivity index (χ3n) is 6.41. The SMILES string of the molecule is CCOc1cccc(-c2cc(=O)n(C)c3ccc(C(c4ccc(Cl)cc4)c4cncn4C)cc23)c1.Cl. The molecule has 184 valence electrons. The fourth-order valence-electron chi connectivity index (χ4n) is 4.65. The molecule has 0 aliphatic rings. The van der Waals surface area contributed by atoms with Gasteiger partial charge in [-0.1, -0.05) is 41.9 Å². The number of imidazole rings is 1. The number of halogens is 2. The molecule has 0 fully saturated rings. The van der Waals surface area contributed by atoms with E-state index in [0.29, 0.717) is 11.6 Å². The molecule has 7 heteroatoms. The maximum atomic E-state index is 12.8. The molecule has 3 aromatic carbocycles. The minimum absolute atomic E-state index is 0. The Bertz CT molecular complexity index is 1570. The van der Waals surface area contributed by atoms with Crippen molar-refractivity contribution in [1.82, 2.24) is 14.1 Å². The van der Waals surface area contributed by atoms with Crippen LogP contribution in [0, 0.1) is 0 Å². The van der Waals surface area contributed by atoms with Crippen molar-refractivity contribution in [2.24, 2.45) is 14.1 Å². The molecule has 0 saturated carbocycles. The van der Waals surface area contributed by atoms with E-state index in [0.717, 1.165) is 44.6 Å². The molecule has 0 bridgehead atoms. The number of hydrogen-bond donors (Lipinski definition) is 0. The molecule has 5 rings (SSSR count). The Morgan fingerprint density at radius 1 is 0.972 bits per heavy atom. The summed E-state index contributed by atoms with van der Waals surface area (Å²) in [6.07, 6.45) is 3.71. The van der Waals surface area contributed by atoms with E-state index in [1.54, 1.807) is 10.6 Å². The van der Waals surface area contributed by atoms with Crippen molar-refractivity contribution in [2.45, 2.75) is 12.8 Å². The van der Waals surface area contributed by atoms with Crippen molar-refractivity contribution in [3.63, 3.8) is 0 Å². The predicted octanol–water partition coefficient (Wildman–Crippen LogP) is 6.59. The highest BCUT2D eigenvalue weighted by Crippen LogP contribution is 2.36. The standard InChI is InChI=1S/C29H26ClN3O2.ClH/c1-4-35-23-7-5-6-20(14-23)24-16-28(34)33(3)26-13-10-21(15-25(24)26)29(27-17-31-18-32(27)2)19-8-11-22(30)12-9-19;/h5-18,29H,4H2,1-3H3;1H. The summed E-state index contributed by atoms with van der Waals surface area (Å²) in [6, 6.07) is 23.8. The normalized spacial score (nSPS) is 11.8. The van der Waals surface area contributed by atoms with Crippen LogP contribution in [0.3, 0.4) is 0 Å². The summed E-state index contributed by atoms with van der Waals surface area (Å²) in [6.45, 7) is 2.54. The molecule has 0 radical (unpaired) electrons. The van der Waals surface area contributed by atoms with Crippen LogP contribution in [0.15, 0.2) is 90.1 Å². The molecule has 5 aromatic rings. The number of rotatable bonds is 6. The maximum Gasteiger partial charge on any atom is 0.251 e. The van der Waals surface area contributed by atoms with Crippen LogP contribution in [-0.4, -0.2) is 20.7 Å². The molecular formula is C29H27Cl2N3O2. The number of hydrogen-bond acceptors (Lipinski definition) is 3. The van der Waals surface area contributed by atoms with Crippen LogP contribution in [0.25, 0.3) is 22.0 Å². The molecule has 36 heavy (non-hydrogen) atoms. The second-order valence-corrected chi connectivity index (χ2v) is 9.04. The number of pyridine rings is 1. The van der Waals surface area contributed by atoms with Gasteiger partial charge in [0.15, 0.2) is 0 Å². The van der Waals surface area contributed by atoms with Gasteiger partial charge >= 0.3 is 0 Å². The van der Waals surface area contributed by atoms with Crippen LogP contribution >= 0.6 is 24.0 Å². The summed E-state index contributed by atoms with van der Waals surface area (Å²) in [4.78, 5) is 17.2. The fraction of sp³-hybridized carbons (Fsp3) is 0.172. The zero-order valence-corrected chi connectivity index (χ0v) is 21.9. The molecule has 1 unspecified atom stereocenters. The average Bonchev–Trinajstić information content (AvgIpc) is 3.28. The molecule has 0 aliphatic heterocycles. The number of ether oxygens (including phenoxy) is 1. The van der Waals surface area contributed by atoms with E-state index in [-0.39, 0.29) is 23.9 Å². The van der Waals surface area contributed by atoms with Gasteiger partial charge in [0.25, 0.3) is 5.56 Å². The first-order valence-corrected chi connectivity index (χ1v) is 11.9. The van der Waals surface area contributed by atoms with E-state index in [1.807, 2.05) is 80.6 Å². The summed E-state index contributed by atoms with van der Waals surface area (Å²) in [5, 5.41) is 1.70. The maximum absolute atomic E-state index is 12.8. The number of nitrogens with zero attached hydrogens (tertiary/aromatic N) is 3. The lowest BCUT2D eigenvalue weighted by Gasteiger charge is -2.21. The van der Waals surface area contributed by atoms with E-state index in [9.17, 15) is 4.79 Å². The second-order valence-electron chi connectivity index (χ2n) is 8.61. The summed E-state index contributed by atoms with van der Waals surface area (Å²) >= 11 is 6.19. The van der Waals surface area contributed by atoms with Gasteiger partial charge in [-0.25, -0.2) is 4.98 Å². The van der Waals surface area contributed by atoms with Crippen molar-refractivity contribution in [2.75, 3.05) is 6.61 Å². The first-order chi connectivity index (χ1) is 17.0. The lowest BCUT2D eigenvalue weighted by molar-refractivity contribution is 0.340. The Labute approximate surface area is 221 Å². The van der Waals surface area contributed by atoms with Crippen molar-refractivity contribution in [3.05, 3.63) is 118 Å². The van der Waals surface area contributed by atoms with Crippen LogP contribution in [0.5, 0.6) is 5.75 Å². The van der Waals surface area contributed by atoms with Crippen LogP contribution in [-0.2, 0) is 14.1 Å². The first-order valence-electron chi connectivity index (χ1n) is 11.5. The zero-order chi connectivity index (χ0) is 24.5. The fourth-order valence-corrected chi connectivity index (χ4v) is 4.78. The van der Waals surface area contributed by atoms with Crippen LogP contribution in [0.2, 0.25) is 5.02 Å². The van der Waals surface area contributed by atoms with Crippen molar-refractivity contribution >= 4 is 34.9 Å². The van der Waals surface area contributed by atoms with Gasteiger partial charge < -0.3 is 13.9 Å². The van der Waals surface area contributed by atoms with E-state index < -0.39 is 0 Å². The summed E-state index contributed by atoms with van der Waals surface area (Å²) in [5.41, 5.74) is 5.93. The highest BCUT2D eigenvalue weighted by molar-refractivity contribution is 6.30. The Hall–Kier alpha value is -3.54. The summed E-state index contributed by atoms with van der Waals surface area (Å²) in [7, 11) is 3.81. The molecule has 1 atom stereocenters. The molecule has 0 N–H and O–H groups in total. The molecule has 0 saturated heterocycles. The molecule has 2 heterocycles. The lowest BCUT2D eigenvalue weighted by Crippen LogP contribution is -2.16. The van der Waals surface area contributed by atoms with Gasteiger partial charge in [-0.15, -0.1) is 12.4 Å². The Morgan fingerprint density at radius 2 is 1.72 bits per heavy atom. The van der Waals surface area contributed by atoms with Gasteiger partial charge in [0.05, 0.1) is 24.4 Å². The minimum Gasteiger partial charge on any atom is -0.494 e. The van der Waals surface area contributed by atoms with Gasteiger partial charge in [-0.05, 0) is 65.6 Å². The summed E-state index contributed by atoms with van der Waals surface area (Å²) < 4.78 is 9.45. The summed E-state index contributed by atoms with van der Waals surface area (Å²) in [5.74, 6) is 0.730. The van der Waals surface area contributed by atoms with Gasteiger partial charge in [0.2, 0.25) is 0 Å². The van der Waals surface area contributed by atoms with Gasteiger partial charge in [-0.3, -0.25) is 4.79 Å². The van der Waals surface area contributed by atoms with Crippen molar-refractivity contribution in [3.8, 4) is 16.9 Å². The van der Waals surface area contributed by atoms with E-state index in [1.165, 1.54) is 0 Å². The molecule has 5 nitrogen and oxygen atoms in total. The van der Waals surface area contributed by atoms with Crippen molar-refractivity contribution < 1.29 is 4.74 Å². The second kappa shape index (κ2) is 10.6. The van der Waals surface area contributed by atoms with Gasteiger partial charge in [0, 0.05) is 42.5 Å². The Balaban J connectivity index is 0.00000304. The monoisotopic (exact) mass is 519 g/mol. The average molecular weight is 520 g/mol. The third-order valence-corrected chi connectivity index (χ3v) is 6.66. The van der Waals surface area contributed by atoms with E-state index in [4.69, 9.17) is 16.3 Å². The number of aromatic nitrogens is 3. The van der Waals surface area contributed by atoms with Gasteiger partial charge in [-0.2, -0.15) is 0 Å². The van der Waals surface area contributed by atoms with Crippen LogP contribution < -0.4 is 10.3 Å². The van der Waals surface area contributed by atoms with E-state index >= 15 is 0 Å². The quantitative estimate of drug-likeness (QED) is 0.254. The molecule has 0 aliphatic carbocycles. The molecular weight excluding hydrogens is 493 g/mol. The minimum atomic E-state index is -0.0528. The smallest absolute Gasteiger partial charge is 0.251 e. The zero-order valence-electron chi connectivity index (χ0n) is 20.3. The topological polar surface area (TPSA) is 49.1 Å². The first kappa shape index (κ1) is 25.5. The molecule has 0 spiro atoms. The highest BCUT2D eigenvalue weighted by atomic mass is 35.5. The third kappa shape index (κ3) is 4.77. The lowest BCUT2D eigenvalue weighted by atomic mass is 9.87. The van der Waals surface area contributed by atoms with Gasteiger partial charge in [0.1, 0.15) is 5.75 Å². The largest absolute Gasteiger partial charge is 0.494 e.